The van der Waals surface area contributed by atoms with E-state index in [-0.39, 0.29) is 30.6 Å². The summed E-state index contributed by atoms with van der Waals surface area (Å²) in [6, 6.07) is 5.95. The van der Waals surface area contributed by atoms with Crippen LogP contribution in [-0.2, 0) is 13.1 Å². The fraction of sp³-hybridized carbons (Fsp3) is 0.458. The van der Waals surface area contributed by atoms with E-state index < -0.39 is 18.6 Å². The molecule has 4 heterocycles. The van der Waals surface area contributed by atoms with Crippen LogP contribution >= 0.6 is 11.6 Å². The Morgan fingerprint density at radius 1 is 1.03 bits per heavy atom. The minimum Gasteiger partial charge on any atom is -0.402 e. The van der Waals surface area contributed by atoms with E-state index >= 15 is 0 Å². The molecule has 0 amide bonds. The van der Waals surface area contributed by atoms with Gasteiger partial charge in [0.2, 0.25) is 0 Å². The second kappa shape index (κ2) is 9.92. The highest BCUT2D eigenvalue weighted by molar-refractivity contribution is 6.30. The van der Waals surface area contributed by atoms with E-state index in [9.17, 15) is 26.3 Å². The van der Waals surface area contributed by atoms with Crippen molar-refractivity contribution in [2.75, 3.05) is 18.0 Å². The summed E-state index contributed by atoms with van der Waals surface area (Å²) in [5.41, 5.74) is 1.28. The monoisotopic (exact) mass is 560 g/mol. The maximum absolute atomic E-state index is 13.6. The molecule has 1 unspecified atom stereocenters. The van der Waals surface area contributed by atoms with Crippen LogP contribution in [0.25, 0.3) is 5.69 Å². The van der Waals surface area contributed by atoms with Crippen molar-refractivity contribution in [3.05, 3.63) is 58.8 Å². The van der Waals surface area contributed by atoms with E-state index in [1.807, 2.05) is 0 Å². The number of hydrogen-bond donors (Lipinski definition) is 0. The summed E-state index contributed by atoms with van der Waals surface area (Å²) in [6.45, 7) is 1.83. The molecule has 1 atom stereocenters. The van der Waals surface area contributed by atoms with E-state index in [4.69, 9.17) is 11.6 Å². The van der Waals surface area contributed by atoms with E-state index in [0.717, 1.165) is 6.92 Å². The van der Waals surface area contributed by atoms with Gasteiger partial charge in [-0.3, -0.25) is 9.47 Å². The lowest BCUT2D eigenvalue weighted by Crippen LogP contribution is -2.42. The standard InChI is InChI=1S/C24H23ClF6N6O/c1-14(23(26,27)28)36-12-16-11-17(25)4-5-18(16)37-20(13-36)33-34-21(37)15-6-9-35(10-7-15)22-19(3-2-8-32-22)38-24(29,30)31/h2-5,8,11,14-15H,6-7,9-10,12-13H2,1H3. The first-order valence-corrected chi connectivity index (χ1v) is 12.3. The molecule has 204 valence electrons. The molecule has 0 radical (unpaired) electrons. The number of pyridine rings is 1. The molecule has 0 spiro atoms. The van der Waals surface area contributed by atoms with Crippen LogP contribution in [0.5, 0.6) is 5.75 Å². The van der Waals surface area contributed by atoms with E-state index in [0.29, 0.717) is 53.9 Å². The molecule has 1 aromatic carbocycles. The third kappa shape index (κ3) is 5.39. The number of piperidine rings is 1. The maximum Gasteiger partial charge on any atom is 0.573 e. The number of ether oxygens (including phenoxy) is 1. The molecule has 1 fully saturated rings. The van der Waals surface area contributed by atoms with Gasteiger partial charge in [0.05, 0.1) is 12.2 Å². The number of anilines is 1. The molecule has 0 bridgehead atoms. The number of aromatic nitrogens is 4. The molecule has 0 saturated carbocycles. The van der Waals surface area contributed by atoms with Crippen molar-refractivity contribution in [2.45, 2.75) is 57.4 Å². The smallest absolute Gasteiger partial charge is 0.402 e. The average molecular weight is 561 g/mol. The van der Waals surface area contributed by atoms with Crippen molar-refractivity contribution in [3.8, 4) is 11.4 Å². The number of hydrogen-bond acceptors (Lipinski definition) is 6. The second-order valence-corrected chi connectivity index (χ2v) is 9.78. The third-order valence-corrected chi connectivity index (χ3v) is 7.15. The summed E-state index contributed by atoms with van der Waals surface area (Å²) in [7, 11) is 0. The largest absolute Gasteiger partial charge is 0.573 e. The minimum atomic E-state index is -4.84. The minimum absolute atomic E-state index is 0.0273. The predicted octanol–water partition coefficient (Wildman–Crippen LogP) is 5.86. The van der Waals surface area contributed by atoms with Crippen molar-refractivity contribution < 1.29 is 31.1 Å². The SMILES string of the molecule is CC(N1Cc2cc(Cl)ccc2-n2c(nnc2C2CCN(c3ncccc3OC(F)(F)F)CC2)C1)C(F)(F)F. The number of halogens is 7. The molecule has 0 N–H and O–H groups in total. The van der Waals surface area contributed by atoms with Gasteiger partial charge in [-0.1, -0.05) is 11.6 Å². The number of rotatable bonds is 4. The summed E-state index contributed by atoms with van der Waals surface area (Å²) in [5, 5.41) is 9.03. The van der Waals surface area contributed by atoms with Crippen LogP contribution in [0.1, 0.15) is 42.9 Å². The lowest BCUT2D eigenvalue weighted by atomic mass is 9.95. The van der Waals surface area contributed by atoms with E-state index in [2.05, 4.69) is 19.9 Å². The van der Waals surface area contributed by atoms with Crippen molar-refractivity contribution >= 4 is 17.4 Å². The second-order valence-electron chi connectivity index (χ2n) is 9.34. The quantitative estimate of drug-likeness (QED) is 0.372. The van der Waals surface area contributed by atoms with E-state index in [1.165, 1.54) is 23.2 Å². The average Bonchev–Trinajstić information content (AvgIpc) is 3.18. The van der Waals surface area contributed by atoms with Crippen LogP contribution < -0.4 is 9.64 Å². The zero-order valence-electron chi connectivity index (χ0n) is 20.1. The molecule has 14 heteroatoms. The molecule has 3 aromatic rings. The van der Waals surface area contributed by atoms with Crippen LogP contribution in [0.4, 0.5) is 32.2 Å². The van der Waals surface area contributed by atoms with Crippen molar-refractivity contribution in [1.82, 2.24) is 24.6 Å². The van der Waals surface area contributed by atoms with Crippen molar-refractivity contribution in [3.63, 3.8) is 0 Å². The maximum atomic E-state index is 13.6. The molecule has 7 nitrogen and oxygen atoms in total. The Bertz CT molecular complexity index is 1300. The zero-order valence-corrected chi connectivity index (χ0v) is 20.9. The zero-order chi connectivity index (χ0) is 27.2. The van der Waals surface area contributed by atoms with Gasteiger partial charge < -0.3 is 9.64 Å². The van der Waals surface area contributed by atoms with Gasteiger partial charge in [0.25, 0.3) is 0 Å². The highest BCUT2D eigenvalue weighted by atomic mass is 35.5. The normalized spacial score (nSPS) is 18.1. The summed E-state index contributed by atoms with van der Waals surface area (Å²) < 4.78 is 85.3. The molecule has 5 rings (SSSR count). The number of nitrogens with zero attached hydrogens (tertiary/aromatic N) is 6. The Morgan fingerprint density at radius 2 is 1.76 bits per heavy atom. The van der Waals surface area contributed by atoms with Crippen LogP contribution in [0, 0.1) is 0 Å². The first-order valence-electron chi connectivity index (χ1n) is 11.9. The first-order chi connectivity index (χ1) is 17.9. The van der Waals surface area contributed by atoms with Crippen LogP contribution in [-0.4, -0.2) is 56.3 Å². The van der Waals surface area contributed by atoms with Gasteiger partial charge in [0.1, 0.15) is 11.9 Å². The molecular weight excluding hydrogens is 538 g/mol. The summed E-state index contributed by atoms with van der Waals surface area (Å²) >= 11 is 6.19. The molecule has 2 aliphatic heterocycles. The van der Waals surface area contributed by atoms with Crippen molar-refractivity contribution in [2.24, 2.45) is 0 Å². The van der Waals surface area contributed by atoms with Gasteiger partial charge in [-0.2, -0.15) is 13.2 Å². The Morgan fingerprint density at radius 3 is 2.45 bits per heavy atom. The fourth-order valence-corrected chi connectivity index (χ4v) is 5.16. The van der Waals surface area contributed by atoms with Crippen LogP contribution in [0.2, 0.25) is 5.02 Å². The Hall–Kier alpha value is -3.06. The van der Waals surface area contributed by atoms with E-state index in [1.54, 1.807) is 27.7 Å². The van der Waals surface area contributed by atoms with Gasteiger partial charge >= 0.3 is 12.5 Å². The lowest BCUT2D eigenvalue weighted by molar-refractivity contribution is -0.274. The Balaban J connectivity index is 1.42. The third-order valence-electron chi connectivity index (χ3n) is 6.91. The first kappa shape index (κ1) is 26.5. The number of fused-ring (bicyclic) bond motifs is 3. The predicted molar refractivity (Wildman–Crippen MR) is 126 cm³/mol. The Kier molecular flexibility index (Phi) is 6.93. The van der Waals surface area contributed by atoms with Gasteiger partial charge in [0, 0.05) is 36.8 Å². The van der Waals surface area contributed by atoms with Gasteiger partial charge in [0.15, 0.2) is 17.4 Å². The lowest BCUT2D eigenvalue weighted by Gasteiger charge is -2.33. The fourth-order valence-electron chi connectivity index (χ4n) is 4.97. The molecule has 1 saturated heterocycles. The summed E-state index contributed by atoms with van der Waals surface area (Å²) in [6.07, 6.45) is -6.83. The van der Waals surface area contributed by atoms with Gasteiger partial charge in [-0.15, -0.1) is 23.4 Å². The summed E-state index contributed by atoms with van der Waals surface area (Å²) in [4.78, 5) is 7.11. The molecule has 2 aromatic heterocycles. The molecular formula is C24H23ClF6N6O. The van der Waals surface area contributed by atoms with Crippen LogP contribution in [0.15, 0.2) is 36.5 Å². The van der Waals surface area contributed by atoms with Gasteiger partial charge in [-0.25, -0.2) is 4.98 Å². The highest BCUT2D eigenvalue weighted by Gasteiger charge is 2.42. The number of benzene rings is 1. The highest BCUT2D eigenvalue weighted by Crippen LogP contribution is 2.38. The van der Waals surface area contributed by atoms with Crippen molar-refractivity contribution in [1.29, 1.82) is 0 Å². The summed E-state index contributed by atoms with van der Waals surface area (Å²) in [5.74, 6) is 0.570. The van der Waals surface area contributed by atoms with Crippen LogP contribution in [0.3, 0.4) is 0 Å². The molecule has 38 heavy (non-hydrogen) atoms. The number of alkyl halides is 6. The Labute approximate surface area is 219 Å². The molecule has 0 aliphatic carbocycles. The topological polar surface area (TPSA) is 59.3 Å². The van der Waals surface area contributed by atoms with Gasteiger partial charge in [-0.05, 0) is 55.7 Å². The molecule has 2 aliphatic rings.